The predicted molar refractivity (Wildman–Crippen MR) is 145 cm³/mol. The summed E-state index contributed by atoms with van der Waals surface area (Å²) >= 11 is 0. The average Bonchev–Trinajstić information content (AvgIpc) is 2.94. The molecule has 0 heterocycles. The van der Waals surface area contributed by atoms with E-state index >= 15 is 0 Å². The number of carbonyl (C=O) groups is 2. The van der Waals surface area contributed by atoms with E-state index in [1.807, 2.05) is 30.3 Å². The Bertz CT molecular complexity index is 1500. The number of ether oxygens (including phenoxy) is 2. The number of nitrogens with one attached hydrogen (secondary N) is 2. The summed E-state index contributed by atoms with van der Waals surface area (Å²) in [7, 11) is 0. The molecule has 6 nitrogen and oxygen atoms in total. The molecule has 0 bridgehead atoms. The van der Waals surface area contributed by atoms with Gasteiger partial charge in [0.2, 0.25) is 11.8 Å². The topological polar surface area (TPSA) is 76.7 Å². The third-order valence-corrected chi connectivity index (χ3v) is 5.92. The SMILES string of the molecule is O=C(Cc1ccc(C(F)(F)F)c(F)c1)N[C@@H](COCc1ccccc1)C(=O)Nc1ccc(Oc2ccc(F)cc2)cc1. The second-order valence-corrected chi connectivity index (χ2v) is 9.18. The van der Waals surface area contributed by atoms with Gasteiger partial charge in [-0.05, 0) is 71.8 Å². The maximum absolute atomic E-state index is 14.0. The lowest BCUT2D eigenvalue weighted by atomic mass is 10.1. The van der Waals surface area contributed by atoms with E-state index in [0.717, 1.165) is 11.6 Å². The van der Waals surface area contributed by atoms with Crippen LogP contribution in [0, 0.1) is 11.6 Å². The molecule has 2 amide bonds. The molecule has 0 unspecified atom stereocenters. The summed E-state index contributed by atoms with van der Waals surface area (Å²) in [6.45, 7) is -0.0698. The maximum Gasteiger partial charge on any atom is 0.419 e. The molecule has 0 saturated carbocycles. The minimum Gasteiger partial charge on any atom is -0.457 e. The van der Waals surface area contributed by atoms with Crippen LogP contribution in [0.4, 0.5) is 27.6 Å². The van der Waals surface area contributed by atoms with Crippen molar-refractivity contribution in [2.24, 2.45) is 0 Å². The minimum absolute atomic E-state index is 0.000828. The normalized spacial score (nSPS) is 11.9. The van der Waals surface area contributed by atoms with Crippen LogP contribution in [-0.4, -0.2) is 24.5 Å². The molecule has 11 heteroatoms. The highest BCUT2D eigenvalue weighted by molar-refractivity contribution is 5.97. The van der Waals surface area contributed by atoms with Crippen LogP contribution >= 0.6 is 0 Å². The van der Waals surface area contributed by atoms with Gasteiger partial charge in [-0.25, -0.2) is 8.78 Å². The standard InChI is InChI=1S/C31H25F5N2O4/c32-22-7-11-24(12-8-22)42-25-13-9-23(10-14-25)37-30(40)28(19-41-18-20-4-2-1-3-5-20)38-29(39)17-21-6-15-26(27(33)16-21)31(34,35)36/h1-16,28H,17-19H2,(H,37,40)(H,38,39)/t28-/m0/s1. The van der Waals surface area contributed by atoms with Crippen molar-refractivity contribution in [3.63, 3.8) is 0 Å². The van der Waals surface area contributed by atoms with Crippen LogP contribution in [0.2, 0.25) is 0 Å². The predicted octanol–water partition coefficient (Wildman–Crippen LogP) is 6.66. The van der Waals surface area contributed by atoms with Crippen molar-refractivity contribution < 1.29 is 41.0 Å². The quantitative estimate of drug-likeness (QED) is 0.194. The first-order chi connectivity index (χ1) is 20.1. The number of alkyl halides is 3. The zero-order chi connectivity index (χ0) is 30.1. The van der Waals surface area contributed by atoms with E-state index in [1.54, 1.807) is 24.3 Å². The number of benzene rings is 4. The lowest BCUT2D eigenvalue weighted by Crippen LogP contribution is -2.47. The molecule has 0 aliphatic heterocycles. The van der Waals surface area contributed by atoms with Crippen molar-refractivity contribution in [1.29, 1.82) is 0 Å². The summed E-state index contributed by atoms with van der Waals surface area (Å²) in [6.07, 6.45) is -5.33. The summed E-state index contributed by atoms with van der Waals surface area (Å²) in [4.78, 5) is 25.8. The van der Waals surface area contributed by atoms with E-state index in [4.69, 9.17) is 9.47 Å². The smallest absolute Gasteiger partial charge is 0.419 e. The molecule has 0 saturated heterocycles. The summed E-state index contributed by atoms with van der Waals surface area (Å²) in [6, 6.07) is 21.9. The molecule has 42 heavy (non-hydrogen) atoms. The number of hydrogen-bond acceptors (Lipinski definition) is 4. The molecular formula is C31H25F5N2O4. The Morgan fingerprint density at radius 3 is 2.05 bits per heavy atom. The molecule has 0 radical (unpaired) electrons. The van der Waals surface area contributed by atoms with E-state index in [-0.39, 0.29) is 18.8 Å². The van der Waals surface area contributed by atoms with Gasteiger partial charge in [0.15, 0.2) is 0 Å². The van der Waals surface area contributed by atoms with Gasteiger partial charge in [0.05, 0.1) is 25.2 Å². The van der Waals surface area contributed by atoms with Gasteiger partial charge in [-0.1, -0.05) is 36.4 Å². The molecule has 0 aliphatic carbocycles. The van der Waals surface area contributed by atoms with E-state index in [2.05, 4.69) is 10.6 Å². The van der Waals surface area contributed by atoms with Crippen molar-refractivity contribution in [1.82, 2.24) is 5.32 Å². The van der Waals surface area contributed by atoms with Crippen LogP contribution in [-0.2, 0) is 33.5 Å². The van der Waals surface area contributed by atoms with Crippen molar-refractivity contribution in [2.75, 3.05) is 11.9 Å². The van der Waals surface area contributed by atoms with Gasteiger partial charge in [-0.15, -0.1) is 0 Å². The number of amides is 2. The second kappa shape index (κ2) is 13.7. The number of hydrogen-bond donors (Lipinski definition) is 2. The van der Waals surface area contributed by atoms with Gasteiger partial charge in [0, 0.05) is 5.69 Å². The molecule has 0 aliphatic rings. The van der Waals surface area contributed by atoms with Gasteiger partial charge in [-0.3, -0.25) is 9.59 Å². The van der Waals surface area contributed by atoms with Gasteiger partial charge >= 0.3 is 6.18 Å². The molecule has 4 aromatic carbocycles. The summed E-state index contributed by atoms with van der Waals surface area (Å²) < 4.78 is 76.9. The largest absolute Gasteiger partial charge is 0.457 e. The van der Waals surface area contributed by atoms with E-state index in [0.29, 0.717) is 29.3 Å². The Morgan fingerprint density at radius 1 is 0.786 bits per heavy atom. The third-order valence-electron chi connectivity index (χ3n) is 5.92. The molecule has 0 fully saturated rings. The van der Waals surface area contributed by atoms with Crippen molar-refractivity contribution in [3.05, 3.63) is 125 Å². The molecule has 2 N–H and O–H groups in total. The Labute approximate surface area is 238 Å². The Kier molecular flexibility index (Phi) is 9.87. The fourth-order valence-electron chi connectivity index (χ4n) is 3.86. The highest BCUT2D eigenvalue weighted by atomic mass is 19.4. The zero-order valence-electron chi connectivity index (χ0n) is 22.0. The summed E-state index contributed by atoms with van der Waals surface area (Å²) in [5, 5.41) is 5.18. The Balaban J connectivity index is 1.40. The Morgan fingerprint density at radius 2 is 1.43 bits per heavy atom. The lowest BCUT2D eigenvalue weighted by Gasteiger charge is -2.19. The second-order valence-electron chi connectivity index (χ2n) is 9.18. The number of rotatable bonds is 11. The highest BCUT2D eigenvalue weighted by Gasteiger charge is 2.34. The molecule has 218 valence electrons. The molecule has 4 rings (SSSR count). The maximum atomic E-state index is 14.0. The van der Waals surface area contributed by atoms with E-state index < -0.39 is 47.7 Å². The molecule has 0 aromatic heterocycles. The van der Waals surface area contributed by atoms with Crippen LogP contribution in [0.5, 0.6) is 11.5 Å². The minimum atomic E-state index is -4.87. The molecule has 1 atom stereocenters. The summed E-state index contributed by atoms with van der Waals surface area (Å²) in [5.74, 6) is -2.40. The van der Waals surface area contributed by atoms with Crippen molar-refractivity contribution in [3.8, 4) is 11.5 Å². The first-order valence-corrected chi connectivity index (χ1v) is 12.7. The zero-order valence-corrected chi connectivity index (χ0v) is 22.0. The van der Waals surface area contributed by atoms with Crippen LogP contribution in [0.1, 0.15) is 16.7 Å². The average molecular weight is 585 g/mol. The van der Waals surface area contributed by atoms with Crippen LogP contribution in [0.15, 0.2) is 97.1 Å². The lowest BCUT2D eigenvalue weighted by molar-refractivity contribution is -0.140. The number of carbonyl (C=O) groups excluding carboxylic acids is 2. The summed E-state index contributed by atoms with van der Waals surface area (Å²) in [5.41, 5.74) is -0.232. The van der Waals surface area contributed by atoms with E-state index in [1.165, 1.54) is 24.3 Å². The molecular weight excluding hydrogens is 559 g/mol. The van der Waals surface area contributed by atoms with Crippen LogP contribution < -0.4 is 15.4 Å². The van der Waals surface area contributed by atoms with Gasteiger partial charge < -0.3 is 20.1 Å². The van der Waals surface area contributed by atoms with Gasteiger partial charge in [-0.2, -0.15) is 13.2 Å². The Hall–Kier alpha value is -4.77. The van der Waals surface area contributed by atoms with Crippen LogP contribution in [0.25, 0.3) is 0 Å². The monoisotopic (exact) mass is 584 g/mol. The van der Waals surface area contributed by atoms with Gasteiger partial charge in [0.25, 0.3) is 0 Å². The first-order valence-electron chi connectivity index (χ1n) is 12.7. The first kappa shape index (κ1) is 30.2. The highest BCUT2D eigenvalue weighted by Crippen LogP contribution is 2.31. The van der Waals surface area contributed by atoms with Crippen molar-refractivity contribution in [2.45, 2.75) is 25.2 Å². The van der Waals surface area contributed by atoms with Gasteiger partial charge in [0.1, 0.15) is 29.2 Å². The molecule has 4 aromatic rings. The van der Waals surface area contributed by atoms with E-state index in [9.17, 15) is 31.5 Å². The third kappa shape index (κ3) is 8.87. The van der Waals surface area contributed by atoms with Crippen molar-refractivity contribution >= 4 is 17.5 Å². The fraction of sp³-hybridized carbons (Fsp3) is 0.161. The molecule has 0 spiro atoms. The van der Waals surface area contributed by atoms with Crippen LogP contribution in [0.3, 0.4) is 0 Å². The number of anilines is 1. The number of halogens is 5. The fourth-order valence-corrected chi connectivity index (χ4v) is 3.86.